The van der Waals surface area contributed by atoms with Crippen LogP contribution in [0.1, 0.15) is 18.7 Å². The van der Waals surface area contributed by atoms with E-state index in [4.69, 9.17) is 10.7 Å². The van der Waals surface area contributed by atoms with Crippen LogP contribution in [-0.4, -0.2) is 41.0 Å². The van der Waals surface area contributed by atoms with Crippen LogP contribution in [0.15, 0.2) is 66.9 Å². The highest BCUT2D eigenvalue weighted by Gasteiger charge is 2.23. The van der Waals surface area contributed by atoms with E-state index < -0.39 is 0 Å². The summed E-state index contributed by atoms with van der Waals surface area (Å²) in [5.74, 6) is 1.03. The molecule has 3 heterocycles. The van der Waals surface area contributed by atoms with Crippen molar-refractivity contribution in [2.45, 2.75) is 13.0 Å². The Hall–Kier alpha value is -2.92. The van der Waals surface area contributed by atoms with E-state index in [-0.39, 0.29) is 0 Å². The first kappa shape index (κ1) is 17.5. The molecule has 138 valence electrons. The molecule has 1 unspecified atom stereocenters. The zero-order chi connectivity index (χ0) is 18.6. The highest BCUT2D eigenvalue weighted by molar-refractivity contribution is 5.65. The lowest BCUT2D eigenvalue weighted by atomic mass is 10.1. The minimum Gasteiger partial charge on any atom is -0.399 e. The number of nitrogen functional groups attached to an aromatic ring is 1. The standard InChI is InChI=1S/C22H25N5/c1-17(20-8-2-3-11-24-20)26-12-14-27(15-13-26)22-10-5-9-21(25-22)18-6-4-7-19(23)16-18/h2-11,16-17H,12-15,23H2,1H3. The van der Waals surface area contributed by atoms with E-state index in [0.29, 0.717) is 6.04 Å². The van der Waals surface area contributed by atoms with Gasteiger partial charge >= 0.3 is 0 Å². The largest absolute Gasteiger partial charge is 0.399 e. The van der Waals surface area contributed by atoms with Gasteiger partial charge in [0, 0.05) is 49.7 Å². The summed E-state index contributed by atoms with van der Waals surface area (Å²) in [7, 11) is 0. The number of pyridine rings is 2. The van der Waals surface area contributed by atoms with Crippen molar-refractivity contribution in [3.8, 4) is 11.3 Å². The van der Waals surface area contributed by atoms with Crippen molar-refractivity contribution >= 4 is 11.5 Å². The van der Waals surface area contributed by atoms with E-state index in [1.165, 1.54) is 0 Å². The van der Waals surface area contributed by atoms with Gasteiger partial charge in [0.15, 0.2) is 0 Å². The summed E-state index contributed by atoms with van der Waals surface area (Å²) >= 11 is 0. The van der Waals surface area contributed by atoms with Crippen LogP contribution >= 0.6 is 0 Å². The van der Waals surface area contributed by atoms with Crippen LogP contribution in [0, 0.1) is 0 Å². The van der Waals surface area contributed by atoms with Gasteiger partial charge in [-0.15, -0.1) is 0 Å². The molecule has 4 rings (SSSR count). The molecule has 1 aliphatic rings. The van der Waals surface area contributed by atoms with Crippen LogP contribution in [0.25, 0.3) is 11.3 Å². The Morgan fingerprint density at radius 3 is 2.48 bits per heavy atom. The zero-order valence-electron chi connectivity index (χ0n) is 15.6. The fourth-order valence-corrected chi connectivity index (χ4v) is 3.61. The number of rotatable bonds is 4. The molecule has 5 heteroatoms. The fraction of sp³-hybridized carbons (Fsp3) is 0.273. The van der Waals surface area contributed by atoms with Gasteiger partial charge in [0.25, 0.3) is 0 Å². The Morgan fingerprint density at radius 2 is 1.74 bits per heavy atom. The van der Waals surface area contributed by atoms with Gasteiger partial charge in [0.1, 0.15) is 5.82 Å². The normalized spacial score (nSPS) is 16.3. The van der Waals surface area contributed by atoms with E-state index >= 15 is 0 Å². The van der Waals surface area contributed by atoms with E-state index in [1.807, 2.05) is 36.5 Å². The van der Waals surface area contributed by atoms with Crippen molar-refractivity contribution in [1.29, 1.82) is 0 Å². The van der Waals surface area contributed by atoms with Crippen molar-refractivity contribution in [1.82, 2.24) is 14.9 Å². The number of nitrogens with zero attached hydrogens (tertiary/aromatic N) is 4. The van der Waals surface area contributed by atoms with E-state index in [9.17, 15) is 0 Å². The summed E-state index contributed by atoms with van der Waals surface area (Å²) in [6.07, 6.45) is 1.87. The second kappa shape index (κ2) is 7.76. The average molecular weight is 359 g/mol. The van der Waals surface area contributed by atoms with Gasteiger partial charge in [-0.05, 0) is 43.3 Å². The zero-order valence-corrected chi connectivity index (χ0v) is 15.6. The summed E-state index contributed by atoms with van der Waals surface area (Å²) in [5.41, 5.74) is 9.83. The molecular weight excluding hydrogens is 334 g/mol. The van der Waals surface area contributed by atoms with E-state index in [1.54, 1.807) is 0 Å². The number of benzene rings is 1. The molecule has 1 atom stereocenters. The topological polar surface area (TPSA) is 58.3 Å². The second-order valence-electron chi connectivity index (χ2n) is 6.96. The minimum absolute atomic E-state index is 0.333. The molecule has 3 aromatic rings. The molecule has 0 saturated carbocycles. The SMILES string of the molecule is CC(c1ccccn1)N1CCN(c2cccc(-c3cccc(N)c3)n2)CC1. The number of nitrogens with two attached hydrogens (primary N) is 1. The number of hydrogen-bond acceptors (Lipinski definition) is 5. The van der Waals surface area contributed by atoms with Crippen molar-refractivity contribution in [3.05, 3.63) is 72.6 Å². The van der Waals surface area contributed by atoms with Crippen LogP contribution in [0.2, 0.25) is 0 Å². The van der Waals surface area contributed by atoms with Gasteiger partial charge < -0.3 is 10.6 Å². The Bertz CT molecular complexity index is 888. The molecule has 1 aromatic carbocycles. The third-order valence-electron chi connectivity index (χ3n) is 5.22. The summed E-state index contributed by atoms with van der Waals surface area (Å²) in [4.78, 5) is 14.2. The van der Waals surface area contributed by atoms with Crippen molar-refractivity contribution in [3.63, 3.8) is 0 Å². The minimum atomic E-state index is 0.333. The van der Waals surface area contributed by atoms with Gasteiger partial charge in [-0.2, -0.15) is 0 Å². The third-order valence-corrected chi connectivity index (χ3v) is 5.22. The molecule has 1 aliphatic heterocycles. The first-order valence-corrected chi connectivity index (χ1v) is 9.43. The molecule has 2 aromatic heterocycles. The van der Waals surface area contributed by atoms with Gasteiger partial charge in [-0.1, -0.05) is 24.3 Å². The molecule has 0 radical (unpaired) electrons. The maximum absolute atomic E-state index is 5.92. The van der Waals surface area contributed by atoms with Crippen LogP contribution in [0.5, 0.6) is 0 Å². The Labute approximate surface area is 160 Å². The van der Waals surface area contributed by atoms with Crippen LogP contribution < -0.4 is 10.6 Å². The lowest BCUT2D eigenvalue weighted by Gasteiger charge is -2.38. The maximum Gasteiger partial charge on any atom is 0.129 e. The Morgan fingerprint density at radius 1 is 0.926 bits per heavy atom. The molecule has 5 nitrogen and oxygen atoms in total. The number of hydrogen-bond donors (Lipinski definition) is 1. The first-order chi connectivity index (χ1) is 13.2. The smallest absolute Gasteiger partial charge is 0.129 e. The molecule has 1 saturated heterocycles. The molecular formula is C22H25N5. The molecule has 0 amide bonds. The van der Waals surface area contributed by atoms with Gasteiger partial charge in [-0.3, -0.25) is 9.88 Å². The van der Waals surface area contributed by atoms with Gasteiger partial charge in [-0.25, -0.2) is 4.98 Å². The second-order valence-corrected chi connectivity index (χ2v) is 6.96. The molecule has 0 spiro atoms. The maximum atomic E-state index is 5.92. The van der Waals surface area contributed by atoms with Crippen LogP contribution in [0.3, 0.4) is 0 Å². The van der Waals surface area contributed by atoms with E-state index in [2.05, 4.69) is 52.0 Å². The number of anilines is 2. The Balaban J connectivity index is 1.45. The molecule has 0 bridgehead atoms. The molecule has 2 N–H and O–H groups in total. The van der Waals surface area contributed by atoms with Crippen LogP contribution in [-0.2, 0) is 0 Å². The lowest BCUT2D eigenvalue weighted by molar-refractivity contribution is 0.195. The number of aromatic nitrogens is 2. The quantitative estimate of drug-likeness (QED) is 0.721. The monoisotopic (exact) mass is 359 g/mol. The third kappa shape index (κ3) is 3.93. The highest BCUT2D eigenvalue weighted by atomic mass is 15.3. The Kier molecular flexibility index (Phi) is 5.03. The predicted octanol–water partition coefficient (Wildman–Crippen LogP) is 3.61. The van der Waals surface area contributed by atoms with Crippen molar-refractivity contribution in [2.75, 3.05) is 36.8 Å². The number of piperazine rings is 1. The van der Waals surface area contributed by atoms with Gasteiger partial charge in [0.05, 0.1) is 11.4 Å². The van der Waals surface area contributed by atoms with E-state index in [0.717, 1.165) is 54.6 Å². The predicted molar refractivity (Wildman–Crippen MR) is 111 cm³/mol. The molecule has 0 aliphatic carbocycles. The summed E-state index contributed by atoms with van der Waals surface area (Å²) in [5, 5.41) is 0. The van der Waals surface area contributed by atoms with Crippen molar-refractivity contribution < 1.29 is 0 Å². The fourth-order valence-electron chi connectivity index (χ4n) is 3.61. The summed E-state index contributed by atoms with van der Waals surface area (Å²) < 4.78 is 0. The molecule has 1 fully saturated rings. The lowest BCUT2D eigenvalue weighted by Crippen LogP contribution is -2.47. The van der Waals surface area contributed by atoms with Gasteiger partial charge in [0.2, 0.25) is 0 Å². The van der Waals surface area contributed by atoms with Crippen LogP contribution in [0.4, 0.5) is 11.5 Å². The first-order valence-electron chi connectivity index (χ1n) is 9.43. The summed E-state index contributed by atoms with van der Waals surface area (Å²) in [6.45, 7) is 6.16. The average Bonchev–Trinajstić information content (AvgIpc) is 2.74. The summed E-state index contributed by atoms with van der Waals surface area (Å²) in [6, 6.07) is 20.6. The van der Waals surface area contributed by atoms with Crippen molar-refractivity contribution in [2.24, 2.45) is 0 Å². The molecule has 27 heavy (non-hydrogen) atoms. The highest BCUT2D eigenvalue weighted by Crippen LogP contribution is 2.25.